The van der Waals surface area contributed by atoms with Gasteiger partial charge >= 0.3 is 5.69 Å². The molecule has 2 heterocycles. The number of nitrogens with one attached hydrogen (secondary N) is 1. The molecular weight excluding hydrogens is 304 g/mol. The van der Waals surface area contributed by atoms with E-state index < -0.39 is 5.69 Å². The molecule has 4 aromatic rings. The average Bonchev–Trinajstić information content (AvgIpc) is 2.89. The van der Waals surface area contributed by atoms with Crippen molar-refractivity contribution in [2.45, 2.75) is 13.5 Å². The molecular formula is C18H16N4O2. The lowest BCUT2D eigenvalue weighted by Crippen LogP contribution is -2.36. The number of H-pyrrole nitrogens is 1. The Morgan fingerprint density at radius 3 is 2.67 bits per heavy atom. The molecule has 0 fully saturated rings. The van der Waals surface area contributed by atoms with Crippen LogP contribution in [0.25, 0.3) is 21.9 Å². The summed E-state index contributed by atoms with van der Waals surface area (Å²) >= 11 is 0. The Kier molecular flexibility index (Phi) is 3.13. The van der Waals surface area contributed by atoms with Gasteiger partial charge in [-0.3, -0.25) is 9.36 Å². The highest BCUT2D eigenvalue weighted by molar-refractivity contribution is 5.79. The number of hydrogen-bond donors (Lipinski definition) is 1. The van der Waals surface area contributed by atoms with E-state index in [-0.39, 0.29) is 12.1 Å². The maximum atomic E-state index is 12.7. The summed E-state index contributed by atoms with van der Waals surface area (Å²) in [4.78, 5) is 32.3. The Bertz CT molecular complexity index is 1200. The number of nitrogens with zero attached hydrogens (tertiary/aromatic N) is 3. The van der Waals surface area contributed by atoms with Crippen LogP contribution in [-0.2, 0) is 13.6 Å². The molecule has 0 saturated carbocycles. The van der Waals surface area contributed by atoms with Crippen LogP contribution < -0.4 is 11.2 Å². The second-order valence-corrected chi connectivity index (χ2v) is 5.90. The second-order valence-electron chi connectivity index (χ2n) is 5.90. The number of hydrogen-bond acceptors (Lipinski definition) is 3. The third-order valence-corrected chi connectivity index (χ3v) is 4.38. The van der Waals surface area contributed by atoms with Crippen molar-refractivity contribution >= 4 is 21.9 Å². The summed E-state index contributed by atoms with van der Waals surface area (Å²) in [7, 11) is 1.90. The molecule has 0 atom stereocenters. The summed E-state index contributed by atoms with van der Waals surface area (Å²) in [5.41, 5.74) is 2.79. The smallest absolute Gasteiger partial charge is 0.329 e. The first kappa shape index (κ1) is 14.4. The molecule has 0 saturated heterocycles. The van der Waals surface area contributed by atoms with Crippen molar-refractivity contribution in [3.8, 4) is 0 Å². The van der Waals surface area contributed by atoms with Gasteiger partial charge in [0.2, 0.25) is 0 Å². The van der Waals surface area contributed by atoms with E-state index in [9.17, 15) is 9.59 Å². The topological polar surface area (TPSA) is 72.7 Å². The maximum Gasteiger partial charge on any atom is 0.329 e. The predicted molar refractivity (Wildman–Crippen MR) is 93.4 cm³/mol. The summed E-state index contributed by atoms with van der Waals surface area (Å²) < 4.78 is 3.13. The van der Waals surface area contributed by atoms with Crippen molar-refractivity contribution in [1.82, 2.24) is 19.1 Å². The molecule has 0 aliphatic carbocycles. The molecule has 120 valence electrons. The van der Waals surface area contributed by atoms with Gasteiger partial charge in [0.1, 0.15) is 5.82 Å². The van der Waals surface area contributed by atoms with Crippen LogP contribution in [0.2, 0.25) is 0 Å². The van der Waals surface area contributed by atoms with E-state index in [1.54, 1.807) is 24.3 Å². The first-order valence-electron chi connectivity index (χ1n) is 7.69. The van der Waals surface area contributed by atoms with E-state index >= 15 is 0 Å². The lowest BCUT2D eigenvalue weighted by atomic mass is 10.2. The van der Waals surface area contributed by atoms with Gasteiger partial charge in [0.25, 0.3) is 5.56 Å². The van der Waals surface area contributed by atoms with Crippen LogP contribution >= 0.6 is 0 Å². The van der Waals surface area contributed by atoms with Gasteiger partial charge in [0.05, 0.1) is 28.5 Å². The fourth-order valence-electron chi connectivity index (χ4n) is 3.14. The largest absolute Gasteiger partial charge is 0.329 e. The molecule has 6 nitrogen and oxygen atoms in total. The molecule has 0 radical (unpaired) electrons. The van der Waals surface area contributed by atoms with E-state index in [0.717, 1.165) is 16.6 Å². The monoisotopic (exact) mass is 320 g/mol. The molecule has 2 aromatic heterocycles. The van der Waals surface area contributed by atoms with Gasteiger partial charge in [-0.15, -0.1) is 0 Å². The van der Waals surface area contributed by atoms with E-state index in [0.29, 0.717) is 16.7 Å². The number of aromatic nitrogens is 4. The Balaban J connectivity index is 1.92. The highest BCUT2D eigenvalue weighted by Crippen LogP contribution is 2.19. The Hall–Kier alpha value is -3.15. The fraction of sp³-hybridized carbons (Fsp3) is 0.167. The molecule has 0 aliphatic heterocycles. The highest BCUT2D eigenvalue weighted by Gasteiger charge is 2.13. The Morgan fingerprint density at radius 2 is 1.88 bits per heavy atom. The normalized spacial score (nSPS) is 11.4. The van der Waals surface area contributed by atoms with Crippen LogP contribution in [0.15, 0.2) is 52.1 Å². The van der Waals surface area contributed by atoms with Crippen molar-refractivity contribution in [3.63, 3.8) is 0 Å². The van der Waals surface area contributed by atoms with Crippen LogP contribution in [0.1, 0.15) is 11.4 Å². The molecule has 1 N–H and O–H groups in total. The minimum absolute atomic E-state index is 0.129. The summed E-state index contributed by atoms with van der Waals surface area (Å²) in [5.74, 6) is 0.669. The molecule has 0 spiro atoms. The molecule has 4 rings (SSSR count). The number of aryl methyl sites for hydroxylation is 2. The second kappa shape index (κ2) is 5.19. The molecule has 0 unspecified atom stereocenters. The quantitative estimate of drug-likeness (QED) is 0.613. The number of benzene rings is 2. The zero-order chi connectivity index (χ0) is 16.8. The lowest BCUT2D eigenvalue weighted by molar-refractivity contribution is 0.655. The molecule has 0 aliphatic rings. The van der Waals surface area contributed by atoms with Crippen molar-refractivity contribution in [2.75, 3.05) is 0 Å². The molecule has 0 amide bonds. The van der Waals surface area contributed by atoms with Gasteiger partial charge in [-0.1, -0.05) is 24.3 Å². The van der Waals surface area contributed by atoms with Crippen molar-refractivity contribution in [1.29, 1.82) is 0 Å². The number of fused-ring (bicyclic) bond motifs is 2. The van der Waals surface area contributed by atoms with Crippen LogP contribution in [-0.4, -0.2) is 19.1 Å². The first-order chi connectivity index (χ1) is 11.6. The van der Waals surface area contributed by atoms with Crippen LogP contribution in [0.3, 0.4) is 0 Å². The zero-order valence-electron chi connectivity index (χ0n) is 13.4. The van der Waals surface area contributed by atoms with E-state index in [1.807, 2.05) is 36.7 Å². The number of rotatable bonds is 2. The predicted octanol–water partition coefficient (Wildman–Crippen LogP) is 1.93. The Labute approximate surface area is 137 Å². The first-order valence-corrected chi connectivity index (χ1v) is 7.69. The minimum atomic E-state index is -0.428. The summed E-state index contributed by atoms with van der Waals surface area (Å²) in [6.07, 6.45) is 0. The average molecular weight is 320 g/mol. The minimum Gasteiger partial charge on any atom is -0.329 e. The molecule has 24 heavy (non-hydrogen) atoms. The van der Waals surface area contributed by atoms with E-state index in [2.05, 4.69) is 9.97 Å². The third-order valence-electron chi connectivity index (χ3n) is 4.38. The van der Waals surface area contributed by atoms with Gasteiger partial charge in [0, 0.05) is 7.05 Å². The maximum absolute atomic E-state index is 12.7. The number of para-hydroxylation sites is 2. The van der Waals surface area contributed by atoms with Gasteiger partial charge in [-0.05, 0) is 30.7 Å². The van der Waals surface area contributed by atoms with Gasteiger partial charge in [-0.2, -0.15) is 0 Å². The molecule has 6 heteroatoms. The molecule has 2 aromatic carbocycles. The zero-order valence-corrected chi connectivity index (χ0v) is 13.4. The van der Waals surface area contributed by atoms with Gasteiger partial charge in [0.15, 0.2) is 0 Å². The van der Waals surface area contributed by atoms with Crippen LogP contribution in [0.5, 0.6) is 0 Å². The van der Waals surface area contributed by atoms with Crippen molar-refractivity contribution in [2.24, 2.45) is 7.05 Å². The van der Waals surface area contributed by atoms with Crippen molar-refractivity contribution in [3.05, 3.63) is 74.7 Å². The summed E-state index contributed by atoms with van der Waals surface area (Å²) in [6, 6.07) is 12.9. The van der Waals surface area contributed by atoms with Crippen LogP contribution in [0.4, 0.5) is 0 Å². The lowest BCUT2D eigenvalue weighted by Gasteiger charge is -2.07. The standard InChI is InChI=1S/C18H16N4O2/c1-11-6-5-9-14-16(11)21(2)15(19-14)10-22-17(23)12-7-3-4-8-13(12)20-18(22)24/h3-9H,10H2,1-2H3,(H,20,24). The summed E-state index contributed by atoms with van der Waals surface area (Å²) in [6.45, 7) is 2.15. The highest BCUT2D eigenvalue weighted by atomic mass is 16.2. The number of aromatic amines is 1. The van der Waals surface area contributed by atoms with Crippen LogP contribution in [0, 0.1) is 6.92 Å². The SMILES string of the molecule is Cc1cccc2nc(Cn3c(=O)[nH]c4ccccc4c3=O)n(C)c12. The fourth-order valence-corrected chi connectivity index (χ4v) is 3.14. The third kappa shape index (κ3) is 2.07. The Morgan fingerprint density at radius 1 is 1.08 bits per heavy atom. The van der Waals surface area contributed by atoms with Gasteiger partial charge < -0.3 is 9.55 Å². The number of imidazole rings is 1. The van der Waals surface area contributed by atoms with Crippen molar-refractivity contribution < 1.29 is 0 Å². The van der Waals surface area contributed by atoms with E-state index in [4.69, 9.17) is 0 Å². The van der Waals surface area contributed by atoms with E-state index in [1.165, 1.54) is 4.57 Å². The molecule has 0 bridgehead atoms. The van der Waals surface area contributed by atoms with Gasteiger partial charge in [-0.25, -0.2) is 9.78 Å². The summed E-state index contributed by atoms with van der Waals surface area (Å²) in [5, 5.41) is 0.493.